The fourth-order valence-corrected chi connectivity index (χ4v) is 2.39. The Kier molecular flexibility index (Phi) is 8.11. The highest BCUT2D eigenvalue weighted by molar-refractivity contribution is 14.0. The molecule has 0 spiro atoms. The van der Waals surface area contributed by atoms with Crippen molar-refractivity contribution in [2.75, 3.05) is 39.5 Å². The van der Waals surface area contributed by atoms with Crippen LogP contribution >= 0.6 is 35.7 Å². The van der Waals surface area contributed by atoms with Crippen molar-refractivity contribution in [2.24, 2.45) is 4.99 Å². The molecule has 19 heavy (non-hydrogen) atoms. The maximum atomic E-state index is 11.9. The summed E-state index contributed by atoms with van der Waals surface area (Å²) in [6.45, 7) is 8.66. The fourth-order valence-electron chi connectivity index (χ4n) is 1.77. The maximum absolute atomic E-state index is 11.9. The second-order valence-electron chi connectivity index (χ2n) is 5.16. The van der Waals surface area contributed by atoms with Gasteiger partial charge in [-0.1, -0.05) is 11.8 Å². The molecule has 7 heteroatoms. The lowest BCUT2D eigenvalue weighted by Crippen LogP contribution is -2.51. The molecular formula is C12H24IN3O2S. The average Bonchev–Trinajstić information content (AvgIpc) is 2.29. The van der Waals surface area contributed by atoms with Crippen molar-refractivity contribution in [1.82, 2.24) is 9.80 Å². The van der Waals surface area contributed by atoms with Crippen LogP contribution in [0.3, 0.4) is 0 Å². The summed E-state index contributed by atoms with van der Waals surface area (Å²) in [5.74, 6) is 0. The predicted octanol–water partition coefficient (Wildman–Crippen LogP) is 2.51. The Hall–Kier alpha value is -0.180. The molecule has 1 amide bonds. The van der Waals surface area contributed by atoms with Gasteiger partial charge in [-0.2, -0.15) is 0 Å². The molecule has 0 bridgehead atoms. The Morgan fingerprint density at radius 1 is 1.16 bits per heavy atom. The van der Waals surface area contributed by atoms with Crippen molar-refractivity contribution < 1.29 is 9.53 Å². The number of hydrogen-bond donors (Lipinski definition) is 0. The van der Waals surface area contributed by atoms with Gasteiger partial charge in [0.1, 0.15) is 5.60 Å². The molecule has 0 aromatic heterocycles. The van der Waals surface area contributed by atoms with Gasteiger partial charge in [0, 0.05) is 33.2 Å². The number of aliphatic imine (C=N–C) groups is 1. The van der Waals surface area contributed by atoms with Crippen LogP contribution in [0.1, 0.15) is 20.8 Å². The smallest absolute Gasteiger partial charge is 0.410 e. The van der Waals surface area contributed by atoms with Gasteiger partial charge in [0.2, 0.25) is 0 Å². The quantitative estimate of drug-likeness (QED) is 0.356. The van der Waals surface area contributed by atoms with E-state index < -0.39 is 5.60 Å². The second kappa shape index (κ2) is 8.18. The molecule has 0 atom stereocenters. The summed E-state index contributed by atoms with van der Waals surface area (Å²) in [5, 5.41) is 1.03. The number of carbonyl (C=O) groups is 1. The summed E-state index contributed by atoms with van der Waals surface area (Å²) >= 11 is 1.64. The monoisotopic (exact) mass is 401 g/mol. The number of carbonyl (C=O) groups excluding carboxylic acids is 1. The van der Waals surface area contributed by atoms with Crippen LogP contribution in [0.4, 0.5) is 4.79 Å². The molecule has 0 saturated carbocycles. The summed E-state index contributed by atoms with van der Waals surface area (Å²) in [5.41, 5.74) is -0.427. The minimum atomic E-state index is -0.427. The first-order chi connectivity index (χ1) is 8.37. The topological polar surface area (TPSA) is 45.1 Å². The lowest BCUT2D eigenvalue weighted by Gasteiger charge is -2.36. The van der Waals surface area contributed by atoms with Crippen LogP contribution in [0.15, 0.2) is 4.99 Å². The molecule has 0 aliphatic carbocycles. The van der Waals surface area contributed by atoms with Gasteiger partial charge < -0.3 is 14.5 Å². The van der Waals surface area contributed by atoms with Crippen LogP contribution in [0.2, 0.25) is 0 Å². The van der Waals surface area contributed by atoms with Crippen LogP contribution in [-0.2, 0) is 4.74 Å². The summed E-state index contributed by atoms with van der Waals surface area (Å²) < 4.78 is 5.36. The third kappa shape index (κ3) is 6.20. The Balaban J connectivity index is 0.00000324. The molecule has 112 valence electrons. The van der Waals surface area contributed by atoms with E-state index in [1.54, 1.807) is 23.7 Å². The Morgan fingerprint density at radius 2 is 1.63 bits per heavy atom. The third-order valence-electron chi connectivity index (χ3n) is 2.58. The third-order valence-corrected chi connectivity index (χ3v) is 3.38. The molecule has 1 fully saturated rings. The lowest BCUT2D eigenvalue weighted by atomic mass is 10.2. The molecular weight excluding hydrogens is 377 g/mol. The Morgan fingerprint density at radius 3 is 2.00 bits per heavy atom. The highest BCUT2D eigenvalue weighted by Crippen LogP contribution is 2.13. The van der Waals surface area contributed by atoms with Crippen LogP contribution in [0.5, 0.6) is 0 Å². The number of ether oxygens (including phenoxy) is 1. The van der Waals surface area contributed by atoms with E-state index in [9.17, 15) is 4.79 Å². The SMILES string of the molecule is CN=C(SC)N1CCN(C(=O)OC(C)(C)C)CC1.I. The van der Waals surface area contributed by atoms with E-state index in [1.807, 2.05) is 27.0 Å². The highest BCUT2D eigenvalue weighted by Gasteiger charge is 2.26. The van der Waals surface area contributed by atoms with E-state index in [1.165, 1.54) is 0 Å². The molecule has 5 nitrogen and oxygen atoms in total. The highest BCUT2D eigenvalue weighted by atomic mass is 127. The van der Waals surface area contributed by atoms with Gasteiger partial charge in [-0.25, -0.2) is 4.79 Å². The molecule has 1 rings (SSSR count). The largest absolute Gasteiger partial charge is 0.444 e. The van der Waals surface area contributed by atoms with Crippen molar-refractivity contribution in [3.05, 3.63) is 0 Å². The van der Waals surface area contributed by atoms with E-state index in [2.05, 4.69) is 9.89 Å². The van der Waals surface area contributed by atoms with Crippen LogP contribution < -0.4 is 0 Å². The molecule has 0 radical (unpaired) electrons. The number of rotatable bonds is 0. The zero-order valence-corrected chi connectivity index (χ0v) is 15.4. The predicted molar refractivity (Wildman–Crippen MR) is 91.7 cm³/mol. The van der Waals surface area contributed by atoms with Crippen LogP contribution in [0.25, 0.3) is 0 Å². The number of amidine groups is 1. The molecule has 0 aromatic carbocycles. The van der Waals surface area contributed by atoms with Crippen LogP contribution in [0, 0.1) is 0 Å². The Labute approximate surface area is 137 Å². The van der Waals surface area contributed by atoms with Crippen LogP contribution in [-0.4, -0.2) is 66.1 Å². The van der Waals surface area contributed by atoms with E-state index >= 15 is 0 Å². The minimum absolute atomic E-state index is 0. The molecule has 0 aromatic rings. The molecule has 1 aliphatic rings. The first-order valence-electron chi connectivity index (χ1n) is 6.11. The maximum Gasteiger partial charge on any atom is 0.410 e. The van der Waals surface area contributed by atoms with Crippen molar-refractivity contribution in [2.45, 2.75) is 26.4 Å². The number of hydrogen-bond acceptors (Lipinski definition) is 4. The molecule has 1 aliphatic heterocycles. The van der Waals surface area contributed by atoms with Crippen molar-refractivity contribution in [3.63, 3.8) is 0 Å². The van der Waals surface area contributed by atoms with E-state index in [4.69, 9.17) is 4.74 Å². The van der Waals surface area contributed by atoms with Crippen molar-refractivity contribution >= 4 is 47.0 Å². The summed E-state index contributed by atoms with van der Waals surface area (Å²) in [6.07, 6.45) is 1.80. The molecule has 1 heterocycles. The molecule has 1 saturated heterocycles. The van der Waals surface area contributed by atoms with Gasteiger partial charge in [0.15, 0.2) is 5.17 Å². The van der Waals surface area contributed by atoms with Gasteiger partial charge in [-0.05, 0) is 27.0 Å². The molecule has 0 unspecified atom stereocenters. The molecule has 0 N–H and O–H groups in total. The zero-order valence-electron chi connectivity index (χ0n) is 12.3. The first kappa shape index (κ1) is 18.8. The van der Waals surface area contributed by atoms with Gasteiger partial charge in [0.25, 0.3) is 0 Å². The number of thioether (sulfide) groups is 1. The second-order valence-corrected chi connectivity index (χ2v) is 5.94. The van der Waals surface area contributed by atoms with Gasteiger partial charge in [-0.3, -0.25) is 4.99 Å². The fraction of sp³-hybridized carbons (Fsp3) is 0.833. The summed E-state index contributed by atoms with van der Waals surface area (Å²) in [7, 11) is 1.80. The minimum Gasteiger partial charge on any atom is -0.444 e. The average molecular weight is 401 g/mol. The van der Waals surface area contributed by atoms with E-state index in [-0.39, 0.29) is 30.1 Å². The zero-order chi connectivity index (χ0) is 13.8. The number of nitrogens with zero attached hydrogens (tertiary/aromatic N) is 3. The van der Waals surface area contributed by atoms with Gasteiger partial charge in [0.05, 0.1) is 0 Å². The summed E-state index contributed by atoms with van der Waals surface area (Å²) in [6, 6.07) is 0. The first-order valence-corrected chi connectivity index (χ1v) is 7.33. The summed E-state index contributed by atoms with van der Waals surface area (Å²) in [4.78, 5) is 20.1. The number of halogens is 1. The normalized spacial score (nSPS) is 17.0. The van der Waals surface area contributed by atoms with Crippen molar-refractivity contribution in [3.8, 4) is 0 Å². The van der Waals surface area contributed by atoms with Gasteiger partial charge in [-0.15, -0.1) is 24.0 Å². The van der Waals surface area contributed by atoms with Gasteiger partial charge >= 0.3 is 6.09 Å². The standard InChI is InChI=1S/C12H23N3O2S.HI/c1-12(2,3)17-11(16)15-8-6-14(7-9-15)10(13-4)18-5;/h6-9H2,1-5H3;1H. The number of piperazine rings is 1. The Bertz CT molecular complexity index is 323. The van der Waals surface area contributed by atoms with Crippen molar-refractivity contribution in [1.29, 1.82) is 0 Å². The van der Waals surface area contributed by atoms with E-state index in [0.717, 1.165) is 18.3 Å². The van der Waals surface area contributed by atoms with E-state index in [0.29, 0.717) is 13.1 Å². The lowest BCUT2D eigenvalue weighted by molar-refractivity contribution is 0.0188. The number of amides is 1.